The summed E-state index contributed by atoms with van der Waals surface area (Å²) in [7, 11) is -1.33. The van der Waals surface area contributed by atoms with Gasteiger partial charge in [0.1, 0.15) is 16.9 Å². The molecule has 0 spiro atoms. The highest BCUT2D eigenvalue weighted by Crippen LogP contribution is 2.44. The molecule has 10 heteroatoms. The van der Waals surface area contributed by atoms with Crippen LogP contribution in [0.15, 0.2) is 29.4 Å². The number of aliphatic hydroxyl groups is 1. The normalized spacial score (nSPS) is 27.5. The van der Waals surface area contributed by atoms with Crippen molar-refractivity contribution in [2.45, 2.75) is 56.4 Å². The van der Waals surface area contributed by atoms with Crippen LogP contribution in [0.5, 0.6) is 0 Å². The SMILES string of the molecule is Cc1nc(S(C)=O)nc(N[C@@H]2C[C@H](CO)[C@H]3OC(C)(C)O[C@H]32)c1-c1nc2ccccc2s1. The Labute approximate surface area is 192 Å². The molecule has 5 atom stereocenters. The summed E-state index contributed by atoms with van der Waals surface area (Å²) in [5.74, 6) is -0.165. The Hall–Kier alpha value is -1.98. The molecular formula is C22H26N4O4S2. The summed E-state index contributed by atoms with van der Waals surface area (Å²) in [5, 5.41) is 14.5. The van der Waals surface area contributed by atoms with E-state index in [1.165, 1.54) is 0 Å². The number of para-hydroxylation sites is 1. The van der Waals surface area contributed by atoms with Crippen molar-refractivity contribution in [2.24, 2.45) is 5.92 Å². The van der Waals surface area contributed by atoms with Crippen molar-refractivity contribution in [3.63, 3.8) is 0 Å². The molecule has 2 aliphatic rings. The third-order valence-electron chi connectivity index (χ3n) is 5.97. The Morgan fingerprint density at radius 2 is 1.97 bits per heavy atom. The molecule has 2 fully saturated rings. The predicted molar refractivity (Wildman–Crippen MR) is 124 cm³/mol. The average Bonchev–Trinajstić information content (AvgIpc) is 3.38. The zero-order chi connectivity index (χ0) is 22.6. The van der Waals surface area contributed by atoms with E-state index in [2.05, 4.69) is 15.3 Å². The summed E-state index contributed by atoms with van der Waals surface area (Å²) in [6.45, 7) is 5.68. The van der Waals surface area contributed by atoms with E-state index in [0.29, 0.717) is 17.9 Å². The van der Waals surface area contributed by atoms with E-state index in [4.69, 9.17) is 14.5 Å². The van der Waals surface area contributed by atoms with Crippen molar-refractivity contribution in [2.75, 3.05) is 18.2 Å². The molecule has 3 aromatic rings. The molecule has 1 aliphatic heterocycles. The molecule has 2 N–H and O–H groups in total. The number of fused-ring (bicyclic) bond motifs is 2. The summed E-state index contributed by atoms with van der Waals surface area (Å²) in [6, 6.07) is 7.84. The summed E-state index contributed by atoms with van der Waals surface area (Å²) in [6.07, 6.45) is 1.83. The number of ether oxygens (including phenoxy) is 2. The van der Waals surface area contributed by atoms with E-state index in [1.54, 1.807) is 17.6 Å². The molecule has 5 rings (SSSR count). The lowest BCUT2D eigenvalue weighted by Gasteiger charge is -2.24. The van der Waals surface area contributed by atoms with Gasteiger partial charge >= 0.3 is 0 Å². The lowest BCUT2D eigenvalue weighted by atomic mass is 10.1. The third kappa shape index (κ3) is 3.84. The fourth-order valence-corrected chi connectivity index (χ4v) is 6.15. The minimum absolute atomic E-state index is 0.0243. The molecule has 1 aliphatic carbocycles. The minimum Gasteiger partial charge on any atom is -0.396 e. The van der Waals surface area contributed by atoms with Gasteiger partial charge in [-0.1, -0.05) is 12.1 Å². The van der Waals surface area contributed by atoms with Crippen LogP contribution in [0.25, 0.3) is 20.8 Å². The molecule has 0 bridgehead atoms. The molecule has 8 nitrogen and oxygen atoms in total. The Kier molecular flexibility index (Phi) is 5.53. The number of thiazole rings is 1. The van der Waals surface area contributed by atoms with Gasteiger partial charge in [-0.3, -0.25) is 4.21 Å². The molecule has 170 valence electrons. The highest BCUT2D eigenvalue weighted by atomic mass is 32.2. The number of nitrogens with zero attached hydrogens (tertiary/aromatic N) is 3. The first-order chi connectivity index (χ1) is 15.3. The lowest BCUT2D eigenvalue weighted by molar-refractivity contribution is -0.158. The second kappa shape index (κ2) is 8.11. The number of benzene rings is 1. The van der Waals surface area contributed by atoms with Crippen LogP contribution < -0.4 is 5.32 Å². The van der Waals surface area contributed by atoms with Crippen LogP contribution in [0.3, 0.4) is 0 Å². The van der Waals surface area contributed by atoms with Crippen LogP contribution in [-0.4, -0.2) is 61.2 Å². The van der Waals surface area contributed by atoms with Crippen LogP contribution >= 0.6 is 11.3 Å². The van der Waals surface area contributed by atoms with Gasteiger partial charge in [0, 0.05) is 18.8 Å². The van der Waals surface area contributed by atoms with Crippen molar-refractivity contribution in [1.82, 2.24) is 15.0 Å². The topological polar surface area (TPSA) is 106 Å². The second-order valence-corrected chi connectivity index (χ2v) is 11.1. The number of aromatic nitrogens is 3. The second-order valence-electron chi connectivity index (χ2n) is 8.75. The first-order valence-corrected chi connectivity index (χ1v) is 12.9. The van der Waals surface area contributed by atoms with Crippen LogP contribution in [-0.2, 0) is 20.3 Å². The van der Waals surface area contributed by atoms with Crippen molar-refractivity contribution in [3.05, 3.63) is 30.0 Å². The number of hydrogen-bond donors (Lipinski definition) is 2. The van der Waals surface area contributed by atoms with E-state index in [-0.39, 0.29) is 35.9 Å². The van der Waals surface area contributed by atoms with Gasteiger partial charge in [-0.25, -0.2) is 15.0 Å². The Morgan fingerprint density at radius 1 is 1.22 bits per heavy atom. The summed E-state index contributed by atoms with van der Waals surface area (Å²) in [5.41, 5.74) is 2.42. The van der Waals surface area contributed by atoms with E-state index in [9.17, 15) is 9.32 Å². The molecule has 1 saturated carbocycles. The molecule has 1 aromatic carbocycles. The molecule has 1 saturated heterocycles. The Bertz CT molecular complexity index is 1160. The van der Waals surface area contributed by atoms with Gasteiger partial charge < -0.3 is 19.9 Å². The number of rotatable bonds is 5. The zero-order valence-corrected chi connectivity index (χ0v) is 20.0. The van der Waals surface area contributed by atoms with Gasteiger partial charge in [-0.15, -0.1) is 11.3 Å². The van der Waals surface area contributed by atoms with Crippen molar-refractivity contribution < 1.29 is 18.8 Å². The van der Waals surface area contributed by atoms with Gasteiger partial charge in [-0.2, -0.15) is 0 Å². The number of aryl methyl sites for hydroxylation is 1. The number of anilines is 1. The number of nitrogens with one attached hydrogen (secondary N) is 1. The van der Waals surface area contributed by atoms with Gasteiger partial charge in [0.25, 0.3) is 0 Å². The molecule has 2 aromatic heterocycles. The first kappa shape index (κ1) is 21.8. The van der Waals surface area contributed by atoms with Crippen LogP contribution in [0.2, 0.25) is 0 Å². The van der Waals surface area contributed by atoms with Crippen molar-refractivity contribution >= 4 is 38.2 Å². The highest BCUT2D eigenvalue weighted by Gasteiger charge is 2.54. The largest absolute Gasteiger partial charge is 0.396 e. The van der Waals surface area contributed by atoms with E-state index >= 15 is 0 Å². The maximum Gasteiger partial charge on any atom is 0.220 e. The molecule has 3 heterocycles. The monoisotopic (exact) mass is 474 g/mol. The van der Waals surface area contributed by atoms with Gasteiger partial charge in [0.15, 0.2) is 5.79 Å². The fourth-order valence-electron chi connectivity index (χ4n) is 4.60. The van der Waals surface area contributed by atoms with Gasteiger partial charge in [0.2, 0.25) is 5.16 Å². The summed E-state index contributed by atoms with van der Waals surface area (Å²) in [4.78, 5) is 13.9. The van der Waals surface area contributed by atoms with Crippen LogP contribution in [0, 0.1) is 12.8 Å². The molecule has 32 heavy (non-hydrogen) atoms. The maximum absolute atomic E-state index is 12.2. The minimum atomic E-state index is -1.33. The quantitative estimate of drug-likeness (QED) is 0.544. The average molecular weight is 475 g/mol. The standard InChI is InChI=1S/C22H26N4O4S2/c1-11-16(20-25-13-7-5-6-8-15(13)31-20)19(26-21(23-11)32(4)28)24-14-9-12(10-27)17-18(14)30-22(2,3)29-17/h5-8,12,14,17-18,27H,9-10H2,1-4H3,(H,23,24,26)/t12-,14-,17-,18+,32?/m1/s1. The molecule has 0 radical (unpaired) electrons. The molecular weight excluding hydrogens is 448 g/mol. The van der Waals surface area contributed by atoms with Crippen molar-refractivity contribution in [1.29, 1.82) is 0 Å². The van der Waals surface area contributed by atoms with Crippen molar-refractivity contribution in [3.8, 4) is 10.6 Å². The maximum atomic E-state index is 12.2. The van der Waals surface area contributed by atoms with Gasteiger partial charge in [0.05, 0.1) is 44.4 Å². The number of aliphatic hydroxyl groups excluding tert-OH is 1. The highest BCUT2D eigenvalue weighted by molar-refractivity contribution is 7.84. The number of hydrogen-bond acceptors (Lipinski definition) is 9. The third-order valence-corrected chi connectivity index (χ3v) is 7.72. The van der Waals surface area contributed by atoms with Gasteiger partial charge in [-0.05, 0) is 39.3 Å². The summed E-state index contributed by atoms with van der Waals surface area (Å²) < 4.78 is 25.5. The fraction of sp³-hybridized carbons (Fsp3) is 0.500. The Balaban J connectivity index is 1.57. The summed E-state index contributed by atoms with van der Waals surface area (Å²) >= 11 is 1.57. The van der Waals surface area contributed by atoms with E-state index in [0.717, 1.165) is 20.8 Å². The van der Waals surface area contributed by atoms with E-state index in [1.807, 2.05) is 45.0 Å². The van der Waals surface area contributed by atoms with Crippen LogP contribution in [0.1, 0.15) is 26.0 Å². The zero-order valence-electron chi connectivity index (χ0n) is 18.4. The van der Waals surface area contributed by atoms with E-state index < -0.39 is 16.6 Å². The smallest absolute Gasteiger partial charge is 0.220 e. The molecule has 1 unspecified atom stereocenters. The predicted octanol–water partition coefficient (Wildman–Crippen LogP) is 3.11. The lowest BCUT2D eigenvalue weighted by Crippen LogP contribution is -2.35. The Morgan fingerprint density at radius 3 is 2.69 bits per heavy atom. The van der Waals surface area contributed by atoms with Crippen LogP contribution in [0.4, 0.5) is 5.82 Å². The first-order valence-electron chi connectivity index (χ1n) is 10.6. The molecule has 0 amide bonds.